The highest BCUT2D eigenvalue weighted by atomic mass is 31.2. The van der Waals surface area contributed by atoms with E-state index in [-0.39, 0.29) is 25.4 Å². The second kappa shape index (κ2) is 38.6. The van der Waals surface area contributed by atoms with Gasteiger partial charge < -0.3 is 19.3 Å². The first-order valence-corrected chi connectivity index (χ1v) is 28.9. The highest BCUT2D eigenvalue weighted by Crippen LogP contribution is 2.53. The lowest BCUT2D eigenvalue weighted by atomic mass is 10.1. The number of carbonyl (C=O) groups is 2. The number of aliphatic carboxylic acids is 2. The van der Waals surface area contributed by atoms with Crippen LogP contribution in [0, 0.1) is 0 Å². The zero-order chi connectivity index (χ0) is 41.6. The molecule has 0 saturated carbocycles. The minimum atomic E-state index is -2.84. The smallest absolute Gasteiger partial charge is 0.320 e. The van der Waals surface area contributed by atoms with Gasteiger partial charge in [0, 0.05) is 31.1 Å². The van der Waals surface area contributed by atoms with Crippen LogP contribution in [0.25, 0.3) is 0 Å². The van der Waals surface area contributed by atoms with Crippen molar-refractivity contribution in [3.8, 4) is 0 Å². The molecule has 0 saturated heterocycles. The number of rotatable bonds is 45. The summed E-state index contributed by atoms with van der Waals surface area (Å²) in [4.78, 5) is 26.5. The predicted molar refractivity (Wildman–Crippen MR) is 245 cm³/mol. The van der Waals surface area contributed by atoms with Gasteiger partial charge in [0.2, 0.25) is 0 Å². The zero-order valence-corrected chi connectivity index (χ0v) is 39.5. The summed E-state index contributed by atoms with van der Waals surface area (Å²) in [6, 6.07) is -1.10. The van der Waals surface area contributed by atoms with Gasteiger partial charge in [0.1, 0.15) is 20.3 Å². The summed E-state index contributed by atoms with van der Waals surface area (Å²) in [5.74, 6) is -2.11. The third-order valence-corrected chi connectivity index (χ3v) is 18.2. The van der Waals surface area contributed by atoms with Crippen molar-refractivity contribution in [2.45, 2.75) is 252 Å². The molecule has 9 heteroatoms. The van der Waals surface area contributed by atoms with Gasteiger partial charge in [-0.15, -0.1) is 0 Å². The Morgan fingerprint density at radius 1 is 0.411 bits per heavy atom. The maximum absolute atomic E-state index is 15.1. The van der Waals surface area contributed by atoms with E-state index < -0.39 is 32.3 Å². The van der Waals surface area contributed by atoms with Gasteiger partial charge in [0.15, 0.2) is 0 Å². The standard InChI is InChI=1S/C47H95NO6P2/c1-5-9-13-17-21-25-29-33-39-55(53,40-34-30-26-22-18-14-10-6-2)43-48(45(47(51)52)37-38-46(49)50)44-56(54,41-35-31-27-23-19-15-11-7-3)42-36-32-28-24-20-16-12-8-4/h45H,5-44H2,1-4H3,(H,49,50)(H,51,52)/t45-/m0/s1. The molecular weight excluding hydrogens is 736 g/mol. The van der Waals surface area contributed by atoms with E-state index in [9.17, 15) is 19.8 Å². The van der Waals surface area contributed by atoms with Crippen molar-refractivity contribution in [1.82, 2.24) is 4.90 Å². The third kappa shape index (κ3) is 33.2. The van der Waals surface area contributed by atoms with Gasteiger partial charge in [-0.1, -0.05) is 207 Å². The summed E-state index contributed by atoms with van der Waals surface area (Å²) in [6.45, 7) is 8.93. The fourth-order valence-corrected chi connectivity index (χ4v) is 14.6. The van der Waals surface area contributed by atoms with Crippen LogP contribution in [0.15, 0.2) is 0 Å². The van der Waals surface area contributed by atoms with Crippen molar-refractivity contribution in [3.05, 3.63) is 0 Å². The molecule has 0 spiro atoms. The second-order valence-corrected chi connectivity index (χ2v) is 24.2. The van der Waals surface area contributed by atoms with Gasteiger partial charge in [0.25, 0.3) is 0 Å². The normalized spacial score (nSPS) is 12.8. The molecule has 0 aromatic heterocycles. The molecule has 0 aromatic rings. The van der Waals surface area contributed by atoms with Crippen LogP contribution < -0.4 is 0 Å². The SMILES string of the molecule is CCCCCCCCCCP(=O)(CCCCCCCCCC)CN(CP(=O)(CCCCCCCCCC)CCCCCCCCCC)[C@@H](CCC(=O)O)C(=O)O. The number of unbranched alkanes of at least 4 members (excludes halogenated alkanes) is 28. The summed E-state index contributed by atoms with van der Waals surface area (Å²) >= 11 is 0. The van der Waals surface area contributed by atoms with E-state index >= 15 is 9.13 Å². The third-order valence-electron chi connectivity index (χ3n) is 11.9. The summed E-state index contributed by atoms with van der Waals surface area (Å²) in [6.07, 6.45) is 39.4. The molecule has 0 aromatic carbocycles. The Labute approximate surface area is 348 Å². The van der Waals surface area contributed by atoms with Gasteiger partial charge >= 0.3 is 11.9 Å². The molecule has 334 valence electrons. The van der Waals surface area contributed by atoms with Crippen LogP contribution in [0.2, 0.25) is 0 Å². The fraction of sp³-hybridized carbons (Fsp3) is 0.957. The molecule has 0 rings (SSSR count). The van der Waals surface area contributed by atoms with E-state index in [1.165, 1.54) is 128 Å². The molecular formula is C47H95NO6P2. The fourth-order valence-electron chi connectivity index (χ4n) is 8.27. The maximum Gasteiger partial charge on any atom is 0.320 e. The van der Waals surface area contributed by atoms with Crippen LogP contribution in [0.4, 0.5) is 0 Å². The molecule has 0 aliphatic rings. The van der Waals surface area contributed by atoms with Crippen LogP contribution in [-0.2, 0) is 18.7 Å². The molecule has 0 unspecified atom stereocenters. The Morgan fingerprint density at radius 3 is 0.857 bits per heavy atom. The maximum atomic E-state index is 15.1. The van der Waals surface area contributed by atoms with Crippen molar-refractivity contribution in [2.75, 3.05) is 37.2 Å². The number of carboxylic acids is 2. The van der Waals surface area contributed by atoms with Crippen LogP contribution in [0.5, 0.6) is 0 Å². The first-order valence-electron chi connectivity index (χ1n) is 24.4. The van der Waals surface area contributed by atoms with Crippen molar-refractivity contribution in [2.24, 2.45) is 0 Å². The quantitative estimate of drug-likeness (QED) is 0.0464. The Kier molecular flexibility index (Phi) is 38.1. The van der Waals surface area contributed by atoms with Crippen LogP contribution in [-0.4, -0.2) is 70.3 Å². The van der Waals surface area contributed by atoms with Crippen molar-refractivity contribution in [3.63, 3.8) is 0 Å². The van der Waals surface area contributed by atoms with E-state index in [4.69, 9.17) is 0 Å². The predicted octanol–water partition coefficient (Wildman–Crippen LogP) is 15.8. The molecule has 0 heterocycles. The second-order valence-electron chi connectivity index (χ2n) is 17.6. The molecule has 0 aliphatic carbocycles. The van der Waals surface area contributed by atoms with Crippen molar-refractivity contribution in [1.29, 1.82) is 0 Å². The largest absolute Gasteiger partial charge is 0.481 e. The number of carboxylic acid groups (broad SMARTS) is 2. The number of nitrogens with zero attached hydrogens (tertiary/aromatic N) is 1. The number of hydrogen-bond donors (Lipinski definition) is 2. The minimum Gasteiger partial charge on any atom is -0.481 e. The molecule has 0 radical (unpaired) electrons. The molecule has 0 aliphatic heterocycles. The highest BCUT2D eigenvalue weighted by Gasteiger charge is 2.37. The Morgan fingerprint density at radius 2 is 0.643 bits per heavy atom. The number of hydrogen-bond acceptors (Lipinski definition) is 5. The lowest BCUT2D eigenvalue weighted by Crippen LogP contribution is -2.43. The lowest BCUT2D eigenvalue weighted by molar-refractivity contribution is -0.143. The monoisotopic (exact) mass is 832 g/mol. The van der Waals surface area contributed by atoms with Gasteiger partial charge in [-0.25, -0.2) is 0 Å². The topological polar surface area (TPSA) is 112 Å². The van der Waals surface area contributed by atoms with E-state index in [0.29, 0.717) is 24.6 Å². The first-order chi connectivity index (χ1) is 27.1. The Bertz CT molecular complexity index is 899. The Balaban J connectivity index is 6.13. The van der Waals surface area contributed by atoms with Gasteiger partial charge in [0.05, 0.1) is 12.6 Å². The molecule has 0 bridgehead atoms. The molecule has 7 nitrogen and oxygen atoms in total. The average molecular weight is 832 g/mol. The Hall–Kier alpha value is -0.640. The van der Waals surface area contributed by atoms with Gasteiger partial charge in [-0.3, -0.25) is 14.5 Å². The summed E-state index contributed by atoms with van der Waals surface area (Å²) < 4.78 is 30.2. The van der Waals surface area contributed by atoms with E-state index in [1.54, 1.807) is 4.90 Å². The average Bonchev–Trinajstić information content (AvgIpc) is 3.15. The summed E-state index contributed by atoms with van der Waals surface area (Å²) in [5, 5.41) is 20.2. The van der Waals surface area contributed by atoms with Gasteiger partial charge in [-0.2, -0.15) is 0 Å². The van der Waals surface area contributed by atoms with Crippen molar-refractivity contribution >= 4 is 26.2 Å². The van der Waals surface area contributed by atoms with Gasteiger partial charge in [-0.05, 0) is 32.1 Å². The lowest BCUT2D eigenvalue weighted by Gasteiger charge is -2.35. The summed E-state index contributed by atoms with van der Waals surface area (Å²) in [5.41, 5.74) is 0. The van der Waals surface area contributed by atoms with Crippen molar-refractivity contribution < 1.29 is 28.9 Å². The van der Waals surface area contributed by atoms with Crippen LogP contribution in [0.1, 0.15) is 246 Å². The molecule has 2 N–H and O–H groups in total. The molecule has 56 heavy (non-hydrogen) atoms. The molecule has 0 fully saturated rings. The first kappa shape index (κ1) is 55.4. The molecule has 1 atom stereocenters. The van der Waals surface area contributed by atoms with Crippen LogP contribution in [0.3, 0.4) is 0 Å². The zero-order valence-electron chi connectivity index (χ0n) is 37.7. The van der Waals surface area contributed by atoms with E-state index in [1.807, 2.05) is 0 Å². The minimum absolute atomic E-state index is 0.0598. The molecule has 0 amide bonds. The van der Waals surface area contributed by atoms with E-state index in [2.05, 4.69) is 27.7 Å². The van der Waals surface area contributed by atoms with E-state index in [0.717, 1.165) is 77.0 Å². The highest BCUT2D eigenvalue weighted by molar-refractivity contribution is 7.64. The van der Waals surface area contributed by atoms with Crippen LogP contribution >= 0.6 is 14.3 Å². The summed E-state index contributed by atoms with van der Waals surface area (Å²) in [7, 11) is -5.68.